The molecule has 0 saturated carbocycles. The van der Waals surface area contributed by atoms with E-state index in [0.717, 1.165) is 36.0 Å². The standard InChI is InChI=1S/C21H26N6/c1-15-8-7-9-16(2)20(15)25-19-14-18(17-10-5-6-11-22-17)24-21(26-19)23-12-13-27(3)4/h5-11,14H,12-13H2,1-4H3,(H2,23,24,25,26). The summed E-state index contributed by atoms with van der Waals surface area (Å²) in [5.74, 6) is 1.34. The molecule has 0 amide bonds. The van der Waals surface area contributed by atoms with Crippen LogP contribution < -0.4 is 10.6 Å². The molecule has 27 heavy (non-hydrogen) atoms. The van der Waals surface area contributed by atoms with Gasteiger partial charge in [0.25, 0.3) is 0 Å². The highest BCUT2D eigenvalue weighted by Gasteiger charge is 2.10. The van der Waals surface area contributed by atoms with Gasteiger partial charge in [0, 0.05) is 31.0 Å². The number of nitrogens with one attached hydrogen (secondary N) is 2. The number of rotatable bonds is 7. The van der Waals surface area contributed by atoms with Crippen molar-refractivity contribution in [3.05, 3.63) is 59.8 Å². The molecule has 6 nitrogen and oxygen atoms in total. The van der Waals surface area contributed by atoms with E-state index in [4.69, 9.17) is 0 Å². The summed E-state index contributed by atoms with van der Waals surface area (Å²) < 4.78 is 0. The highest BCUT2D eigenvalue weighted by molar-refractivity contribution is 5.68. The van der Waals surface area contributed by atoms with E-state index in [-0.39, 0.29) is 0 Å². The maximum absolute atomic E-state index is 4.65. The normalized spacial score (nSPS) is 10.9. The van der Waals surface area contributed by atoms with E-state index < -0.39 is 0 Å². The summed E-state index contributed by atoms with van der Waals surface area (Å²) in [6.45, 7) is 5.84. The molecular weight excluding hydrogens is 336 g/mol. The van der Waals surface area contributed by atoms with Crippen LogP contribution in [0.1, 0.15) is 11.1 Å². The van der Waals surface area contributed by atoms with Gasteiger partial charge >= 0.3 is 0 Å². The van der Waals surface area contributed by atoms with Crippen molar-refractivity contribution in [3.63, 3.8) is 0 Å². The summed E-state index contributed by atoms with van der Waals surface area (Å²) in [5, 5.41) is 6.77. The van der Waals surface area contributed by atoms with Gasteiger partial charge in [0.15, 0.2) is 0 Å². The first-order chi connectivity index (χ1) is 13.0. The van der Waals surface area contributed by atoms with E-state index in [9.17, 15) is 0 Å². The molecule has 0 radical (unpaired) electrons. The second kappa shape index (κ2) is 8.60. The topological polar surface area (TPSA) is 66.0 Å². The Bertz CT molecular complexity index is 872. The maximum atomic E-state index is 4.65. The molecule has 0 aliphatic rings. The number of likely N-dealkylation sites (N-methyl/N-ethyl adjacent to an activating group) is 1. The van der Waals surface area contributed by atoms with Gasteiger partial charge in [-0.3, -0.25) is 4.98 Å². The van der Waals surface area contributed by atoms with Gasteiger partial charge in [0.05, 0.1) is 11.4 Å². The lowest BCUT2D eigenvalue weighted by atomic mass is 10.1. The Balaban J connectivity index is 1.94. The summed E-state index contributed by atoms with van der Waals surface area (Å²) in [6.07, 6.45) is 1.77. The number of pyridine rings is 1. The zero-order valence-electron chi connectivity index (χ0n) is 16.3. The molecule has 0 spiro atoms. The fourth-order valence-corrected chi connectivity index (χ4v) is 2.77. The zero-order valence-corrected chi connectivity index (χ0v) is 16.3. The van der Waals surface area contributed by atoms with Crippen LogP contribution in [0.3, 0.4) is 0 Å². The Labute approximate surface area is 160 Å². The smallest absolute Gasteiger partial charge is 0.225 e. The van der Waals surface area contributed by atoms with Crippen LogP contribution in [0.25, 0.3) is 11.4 Å². The Morgan fingerprint density at radius 2 is 1.70 bits per heavy atom. The van der Waals surface area contributed by atoms with Crippen LogP contribution in [0.4, 0.5) is 17.5 Å². The lowest BCUT2D eigenvalue weighted by molar-refractivity contribution is 0.425. The molecule has 3 rings (SSSR count). The number of aryl methyl sites for hydroxylation is 2. The summed E-state index contributed by atoms with van der Waals surface area (Å²) in [7, 11) is 4.08. The SMILES string of the molecule is Cc1cccc(C)c1Nc1cc(-c2ccccn2)nc(NCCN(C)C)n1. The largest absolute Gasteiger partial charge is 0.353 e. The molecule has 6 heteroatoms. The summed E-state index contributed by atoms with van der Waals surface area (Å²) >= 11 is 0. The minimum absolute atomic E-state index is 0.591. The molecule has 2 aromatic heterocycles. The second-order valence-electron chi connectivity index (χ2n) is 6.80. The van der Waals surface area contributed by atoms with E-state index in [0.29, 0.717) is 5.95 Å². The number of benzene rings is 1. The highest BCUT2D eigenvalue weighted by Crippen LogP contribution is 2.26. The van der Waals surface area contributed by atoms with E-state index in [2.05, 4.69) is 62.5 Å². The minimum Gasteiger partial charge on any atom is -0.353 e. The van der Waals surface area contributed by atoms with Gasteiger partial charge in [-0.15, -0.1) is 0 Å². The van der Waals surface area contributed by atoms with Crippen molar-refractivity contribution in [2.75, 3.05) is 37.8 Å². The minimum atomic E-state index is 0.591. The van der Waals surface area contributed by atoms with E-state index in [1.54, 1.807) is 6.20 Å². The van der Waals surface area contributed by atoms with Crippen LogP contribution in [-0.2, 0) is 0 Å². The van der Waals surface area contributed by atoms with Crippen molar-refractivity contribution >= 4 is 17.5 Å². The predicted molar refractivity (Wildman–Crippen MR) is 112 cm³/mol. The fourth-order valence-electron chi connectivity index (χ4n) is 2.77. The van der Waals surface area contributed by atoms with Crippen LogP contribution >= 0.6 is 0 Å². The molecule has 2 heterocycles. The van der Waals surface area contributed by atoms with Crippen LogP contribution in [0.2, 0.25) is 0 Å². The fraction of sp³-hybridized carbons (Fsp3) is 0.286. The molecule has 0 bridgehead atoms. The number of nitrogens with zero attached hydrogens (tertiary/aromatic N) is 4. The predicted octanol–water partition coefficient (Wildman–Crippen LogP) is 3.87. The number of aromatic nitrogens is 3. The Hall–Kier alpha value is -2.99. The van der Waals surface area contributed by atoms with Crippen molar-refractivity contribution in [1.82, 2.24) is 19.9 Å². The van der Waals surface area contributed by atoms with Crippen molar-refractivity contribution < 1.29 is 0 Å². The number of hydrogen-bond acceptors (Lipinski definition) is 6. The molecule has 0 aliphatic heterocycles. The first kappa shape index (κ1) is 18.8. The molecule has 1 aromatic carbocycles. The Kier molecular flexibility index (Phi) is 5.98. The molecule has 140 valence electrons. The molecular formula is C21H26N6. The molecule has 0 atom stereocenters. The molecule has 3 aromatic rings. The van der Waals surface area contributed by atoms with Crippen molar-refractivity contribution in [3.8, 4) is 11.4 Å². The van der Waals surface area contributed by atoms with Crippen LogP contribution in [-0.4, -0.2) is 47.0 Å². The molecule has 0 fully saturated rings. The number of hydrogen-bond donors (Lipinski definition) is 2. The molecule has 0 aliphatic carbocycles. The van der Waals surface area contributed by atoms with Gasteiger partial charge < -0.3 is 15.5 Å². The van der Waals surface area contributed by atoms with Crippen molar-refractivity contribution in [1.29, 1.82) is 0 Å². The van der Waals surface area contributed by atoms with Crippen molar-refractivity contribution in [2.45, 2.75) is 13.8 Å². The number of para-hydroxylation sites is 1. The highest BCUT2D eigenvalue weighted by atomic mass is 15.2. The summed E-state index contributed by atoms with van der Waals surface area (Å²) in [4.78, 5) is 15.8. The van der Waals surface area contributed by atoms with Gasteiger partial charge in [-0.2, -0.15) is 4.98 Å². The third kappa shape index (κ3) is 5.01. The van der Waals surface area contributed by atoms with Crippen molar-refractivity contribution in [2.24, 2.45) is 0 Å². The van der Waals surface area contributed by atoms with Crippen LogP contribution in [0.15, 0.2) is 48.7 Å². The lowest BCUT2D eigenvalue weighted by Crippen LogP contribution is -2.21. The Morgan fingerprint density at radius 1 is 0.926 bits per heavy atom. The van der Waals surface area contributed by atoms with Crippen LogP contribution in [0, 0.1) is 13.8 Å². The third-order valence-corrected chi connectivity index (χ3v) is 4.23. The van der Waals surface area contributed by atoms with E-state index >= 15 is 0 Å². The monoisotopic (exact) mass is 362 g/mol. The van der Waals surface area contributed by atoms with Gasteiger partial charge in [-0.05, 0) is 51.2 Å². The first-order valence-electron chi connectivity index (χ1n) is 9.05. The average Bonchev–Trinajstić information content (AvgIpc) is 2.65. The van der Waals surface area contributed by atoms with E-state index in [1.165, 1.54) is 11.1 Å². The van der Waals surface area contributed by atoms with Gasteiger partial charge in [0.2, 0.25) is 5.95 Å². The third-order valence-electron chi connectivity index (χ3n) is 4.23. The quantitative estimate of drug-likeness (QED) is 0.665. The maximum Gasteiger partial charge on any atom is 0.225 e. The summed E-state index contributed by atoms with van der Waals surface area (Å²) in [5.41, 5.74) is 5.03. The lowest BCUT2D eigenvalue weighted by Gasteiger charge is -2.15. The molecule has 2 N–H and O–H groups in total. The first-order valence-corrected chi connectivity index (χ1v) is 9.05. The molecule has 0 saturated heterocycles. The average molecular weight is 362 g/mol. The van der Waals surface area contributed by atoms with Gasteiger partial charge in [-0.25, -0.2) is 4.98 Å². The van der Waals surface area contributed by atoms with Crippen LogP contribution in [0.5, 0.6) is 0 Å². The molecule has 0 unspecified atom stereocenters. The van der Waals surface area contributed by atoms with Gasteiger partial charge in [-0.1, -0.05) is 24.3 Å². The van der Waals surface area contributed by atoms with Gasteiger partial charge in [0.1, 0.15) is 5.82 Å². The number of anilines is 3. The second-order valence-corrected chi connectivity index (χ2v) is 6.80. The Morgan fingerprint density at radius 3 is 2.37 bits per heavy atom. The van der Waals surface area contributed by atoms with E-state index in [1.807, 2.05) is 38.4 Å². The zero-order chi connectivity index (χ0) is 19.2. The summed E-state index contributed by atoms with van der Waals surface area (Å²) in [6, 6.07) is 14.0.